The summed E-state index contributed by atoms with van der Waals surface area (Å²) >= 11 is 5.75. The van der Waals surface area contributed by atoms with Crippen LogP contribution in [0.3, 0.4) is 0 Å². The molecule has 0 saturated carbocycles. The maximum atomic E-state index is 5.75. The molecule has 0 aliphatic heterocycles. The topological polar surface area (TPSA) is 26.0 Å². The lowest BCUT2D eigenvalue weighted by molar-refractivity contribution is 0.405. The summed E-state index contributed by atoms with van der Waals surface area (Å²) in [5, 5.41) is 5.53. The largest absolute Gasteiger partial charge is 0.360 e. The number of fused-ring (bicyclic) bond motifs is 1. The molecule has 1 heterocycles. The molecule has 3 heteroatoms. The Morgan fingerprint density at radius 2 is 2.27 bits per heavy atom. The molecular formula is C8H6ClNO. The normalized spacial score (nSPS) is 10.7. The first-order valence-electron chi connectivity index (χ1n) is 3.29. The average molecular weight is 168 g/mol. The van der Waals surface area contributed by atoms with Crippen LogP contribution < -0.4 is 0 Å². The Bertz CT molecular complexity index is 394. The second kappa shape index (κ2) is 2.24. The summed E-state index contributed by atoms with van der Waals surface area (Å²) in [5.74, 6) is 0.830. The Morgan fingerprint density at radius 1 is 1.45 bits per heavy atom. The first-order valence-corrected chi connectivity index (χ1v) is 3.67. The molecule has 2 nitrogen and oxygen atoms in total. The molecule has 0 N–H and O–H groups in total. The third-order valence-electron chi connectivity index (χ3n) is 1.62. The Hall–Kier alpha value is -1.02. The SMILES string of the molecule is Cc1onc2cc(Cl)ccc12. The molecule has 0 spiro atoms. The van der Waals surface area contributed by atoms with Crippen molar-refractivity contribution in [2.24, 2.45) is 0 Å². The number of aromatic nitrogens is 1. The van der Waals surface area contributed by atoms with Gasteiger partial charge in [0.1, 0.15) is 11.3 Å². The van der Waals surface area contributed by atoms with E-state index in [9.17, 15) is 0 Å². The second-order valence-corrected chi connectivity index (χ2v) is 2.84. The van der Waals surface area contributed by atoms with Crippen molar-refractivity contribution in [3.63, 3.8) is 0 Å². The van der Waals surface area contributed by atoms with E-state index in [1.807, 2.05) is 19.1 Å². The fraction of sp³-hybridized carbons (Fsp3) is 0.125. The van der Waals surface area contributed by atoms with Gasteiger partial charge in [0.25, 0.3) is 0 Å². The first-order chi connectivity index (χ1) is 5.27. The lowest BCUT2D eigenvalue weighted by atomic mass is 10.2. The fourth-order valence-electron chi connectivity index (χ4n) is 1.04. The molecule has 0 unspecified atom stereocenters. The van der Waals surface area contributed by atoms with E-state index >= 15 is 0 Å². The van der Waals surface area contributed by atoms with Crippen LogP contribution in [0.1, 0.15) is 5.76 Å². The lowest BCUT2D eigenvalue weighted by Crippen LogP contribution is -1.68. The highest BCUT2D eigenvalue weighted by atomic mass is 35.5. The van der Waals surface area contributed by atoms with Crippen molar-refractivity contribution in [3.05, 3.63) is 29.0 Å². The predicted octanol–water partition coefficient (Wildman–Crippen LogP) is 2.79. The molecule has 0 fully saturated rings. The van der Waals surface area contributed by atoms with Crippen LogP contribution in [0.15, 0.2) is 22.7 Å². The van der Waals surface area contributed by atoms with Crippen LogP contribution in [0.5, 0.6) is 0 Å². The highest BCUT2D eigenvalue weighted by Gasteiger charge is 2.02. The highest BCUT2D eigenvalue weighted by molar-refractivity contribution is 6.31. The van der Waals surface area contributed by atoms with E-state index in [0.29, 0.717) is 5.02 Å². The summed E-state index contributed by atoms with van der Waals surface area (Å²) in [4.78, 5) is 0. The Kier molecular flexibility index (Phi) is 1.36. The molecule has 0 saturated heterocycles. The van der Waals surface area contributed by atoms with Crippen LogP contribution in [0.4, 0.5) is 0 Å². The van der Waals surface area contributed by atoms with Crippen molar-refractivity contribution in [1.82, 2.24) is 5.16 Å². The summed E-state index contributed by atoms with van der Waals surface area (Å²) in [5.41, 5.74) is 0.815. The summed E-state index contributed by atoms with van der Waals surface area (Å²) in [6, 6.07) is 5.52. The number of rotatable bonds is 0. The maximum Gasteiger partial charge on any atom is 0.141 e. The van der Waals surface area contributed by atoms with Gasteiger partial charge in [-0.05, 0) is 25.1 Å². The zero-order valence-electron chi connectivity index (χ0n) is 5.97. The van der Waals surface area contributed by atoms with Crippen molar-refractivity contribution in [2.45, 2.75) is 6.92 Å². The summed E-state index contributed by atoms with van der Waals surface area (Å²) < 4.78 is 4.96. The molecule has 1 aromatic heterocycles. The number of nitrogens with zero attached hydrogens (tertiary/aromatic N) is 1. The Morgan fingerprint density at radius 3 is 3.09 bits per heavy atom. The smallest absolute Gasteiger partial charge is 0.141 e. The Balaban J connectivity index is 2.86. The van der Waals surface area contributed by atoms with E-state index in [4.69, 9.17) is 16.1 Å². The number of halogens is 1. The molecule has 0 aliphatic carbocycles. The fourth-order valence-corrected chi connectivity index (χ4v) is 1.21. The number of hydrogen-bond donors (Lipinski definition) is 0. The zero-order chi connectivity index (χ0) is 7.84. The minimum Gasteiger partial charge on any atom is -0.360 e. The minimum absolute atomic E-state index is 0.686. The molecule has 0 atom stereocenters. The van der Waals surface area contributed by atoms with Crippen LogP contribution in [0.2, 0.25) is 5.02 Å². The Labute approximate surface area is 68.7 Å². The third kappa shape index (κ3) is 0.994. The molecule has 0 amide bonds. The van der Waals surface area contributed by atoms with Crippen LogP contribution in [0.25, 0.3) is 10.9 Å². The molecule has 1 aromatic carbocycles. The molecule has 0 bridgehead atoms. The molecule has 0 radical (unpaired) electrons. The van der Waals surface area contributed by atoms with Gasteiger partial charge in [-0.25, -0.2) is 0 Å². The van der Waals surface area contributed by atoms with Gasteiger partial charge in [-0.1, -0.05) is 16.8 Å². The van der Waals surface area contributed by atoms with Crippen LogP contribution >= 0.6 is 11.6 Å². The van der Waals surface area contributed by atoms with Gasteiger partial charge in [0.05, 0.1) is 0 Å². The van der Waals surface area contributed by atoms with E-state index in [1.54, 1.807) is 6.07 Å². The van der Waals surface area contributed by atoms with Crippen LogP contribution in [-0.4, -0.2) is 5.16 Å². The summed E-state index contributed by atoms with van der Waals surface area (Å²) in [7, 11) is 0. The third-order valence-corrected chi connectivity index (χ3v) is 1.86. The first kappa shape index (κ1) is 6.68. The number of hydrogen-bond acceptors (Lipinski definition) is 2. The quantitative estimate of drug-likeness (QED) is 0.603. The van der Waals surface area contributed by atoms with Gasteiger partial charge in [-0.2, -0.15) is 0 Å². The molecule has 0 aliphatic rings. The monoisotopic (exact) mass is 167 g/mol. The average Bonchev–Trinajstić information content (AvgIpc) is 2.32. The predicted molar refractivity (Wildman–Crippen MR) is 43.8 cm³/mol. The maximum absolute atomic E-state index is 5.75. The van der Waals surface area contributed by atoms with E-state index < -0.39 is 0 Å². The summed E-state index contributed by atoms with van der Waals surface area (Å²) in [6.45, 7) is 1.88. The summed E-state index contributed by atoms with van der Waals surface area (Å²) in [6.07, 6.45) is 0. The van der Waals surface area contributed by atoms with Crippen LogP contribution in [-0.2, 0) is 0 Å². The minimum atomic E-state index is 0.686. The number of benzene rings is 1. The van der Waals surface area contributed by atoms with Gasteiger partial charge < -0.3 is 4.52 Å². The van der Waals surface area contributed by atoms with Crippen molar-refractivity contribution in [2.75, 3.05) is 0 Å². The highest BCUT2D eigenvalue weighted by Crippen LogP contribution is 2.20. The van der Waals surface area contributed by atoms with Crippen molar-refractivity contribution in [1.29, 1.82) is 0 Å². The van der Waals surface area contributed by atoms with E-state index in [0.717, 1.165) is 16.7 Å². The molecular weight excluding hydrogens is 162 g/mol. The van der Waals surface area contributed by atoms with Crippen LogP contribution in [0, 0.1) is 6.92 Å². The number of aryl methyl sites for hydroxylation is 1. The van der Waals surface area contributed by atoms with E-state index in [-0.39, 0.29) is 0 Å². The second-order valence-electron chi connectivity index (χ2n) is 2.40. The molecule has 11 heavy (non-hydrogen) atoms. The molecule has 2 aromatic rings. The zero-order valence-corrected chi connectivity index (χ0v) is 6.72. The van der Waals surface area contributed by atoms with Gasteiger partial charge >= 0.3 is 0 Å². The molecule has 56 valence electrons. The van der Waals surface area contributed by atoms with Gasteiger partial charge in [0.2, 0.25) is 0 Å². The van der Waals surface area contributed by atoms with Gasteiger partial charge in [0.15, 0.2) is 0 Å². The van der Waals surface area contributed by atoms with Crippen molar-refractivity contribution in [3.8, 4) is 0 Å². The van der Waals surface area contributed by atoms with Gasteiger partial charge in [-0.15, -0.1) is 0 Å². The molecule has 2 rings (SSSR count). The van der Waals surface area contributed by atoms with Crippen molar-refractivity contribution < 1.29 is 4.52 Å². The lowest BCUT2D eigenvalue weighted by Gasteiger charge is -1.87. The van der Waals surface area contributed by atoms with Crippen molar-refractivity contribution >= 4 is 22.5 Å². The standard InChI is InChI=1S/C8H6ClNO/c1-5-7-3-2-6(9)4-8(7)10-11-5/h2-4H,1H3. The van der Waals surface area contributed by atoms with E-state index in [1.165, 1.54) is 0 Å². The van der Waals surface area contributed by atoms with Gasteiger partial charge in [-0.3, -0.25) is 0 Å². The van der Waals surface area contributed by atoms with Gasteiger partial charge in [0, 0.05) is 10.4 Å². The van der Waals surface area contributed by atoms with E-state index in [2.05, 4.69) is 5.16 Å².